The van der Waals surface area contributed by atoms with E-state index in [0.717, 1.165) is 59.8 Å². The molecule has 2 aliphatic rings. The van der Waals surface area contributed by atoms with Gasteiger partial charge in [0.2, 0.25) is 0 Å². The van der Waals surface area contributed by atoms with Crippen LogP contribution in [0.2, 0.25) is 0 Å². The van der Waals surface area contributed by atoms with Crippen molar-refractivity contribution in [1.29, 1.82) is 0 Å². The normalized spacial score (nSPS) is 22.7. The van der Waals surface area contributed by atoms with E-state index in [-0.39, 0.29) is 25.6 Å². The molecular formula is C35H42N4O6. The second kappa shape index (κ2) is 15.0. The summed E-state index contributed by atoms with van der Waals surface area (Å²) in [5, 5.41) is 16.8. The number of carbonyl (C=O) groups is 3. The van der Waals surface area contributed by atoms with Gasteiger partial charge in [0.1, 0.15) is 17.9 Å². The molecule has 2 aliphatic heterocycles. The monoisotopic (exact) mass is 614 g/mol. The Morgan fingerprint density at radius 2 is 1.96 bits per heavy atom. The summed E-state index contributed by atoms with van der Waals surface area (Å²) in [5.41, 5.74) is 3.41. The van der Waals surface area contributed by atoms with E-state index < -0.39 is 36.3 Å². The number of nitrogens with one attached hydrogen (secondary N) is 2. The number of alkyl carbamates (subject to hydrolysis) is 1. The van der Waals surface area contributed by atoms with Crippen molar-refractivity contribution in [3.05, 3.63) is 66.2 Å². The Morgan fingerprint density at radius 3 is 2.73 bits per heavy atom. The first-order valence-corrected chi connectivity index (χ1v) is 15.9. The predicted molar refractivity (Wildman–Crippen MR) is 173 cm³/mol. The zero-order valence-corrected chi connectivity index (χ0v) is 25.9. The maximum Gasteiger partial charge on any atom is 0.408 e. The third-order valence-electron chi connectivity index (χ3n) is 8.23. The van der Waals surface area contributed by atoms with Gasteiger partial charge in [-0.3, -0.25) is 15.4 Å². The highest BCUT2D eigenvalue weighted by molar-refractivity contribution is 5.91. The van der Waals surface area contributed by atoms with E-state index in [1.807, 2.05) is 68.4 Å². The number of carboxylic acid groups (broad SMARTS) is 1. The fourth-order valence-corrected chi connectivity index (χ4v) is 5.94. The van der Waals surface area contributed by atoms with Crippen molar-refractivity contribution in [3.63, 3.8) is 0 Å². The molecule has 1 unspecified atom stereocenters. The zero-order chi connectivity index (χ0) is 31.8. The lowest BCUT2D eigenvalue weighted by Gasteiger charge is -2.29. The third-order valence-corrected chi connectivity index (χ3v) is 8.23. The van der Waals surface area contributed by atoms with Crippen LogP contribution < -0.4 is 15.4 Å². The van der Waals surface area contributed by atoms with E-state index in [0.29, 0.717) is 12.2 Å². The molecule has 0 saturated carbocycles. The van der Waals surface area contributed by atoms with Gasteiger partial charge in [-0.1, -0.05) is 61.9 Å². The van der Waals surface area contributed by atoms with Crippen molar-refractivity contribution in [2.24, 2.45) is 0 Å². The molecule has 1 saturated heterocycles. The first kappa shape index (κ1) is 32.0. The second-order valence-corrected chi connectivity index (χ2v) is 11.8. The maximum absolute atomic E-state index is 13.9. The number of hydrogen-bond acceptors (Lipinski definition) is 7. The Kier molecular flexibility index (Phi) is 10.7. The largest absolute Gasteiger partial charge is 0.488 e. The topological polar surface area (TPSA) is 130 Å². The molecule has 10 heteroatoms. The van der Waals surface area contributed by atoms with Crippen molar-refractivity contribution < 1.29 is 29.0 Å². The second-order valence-electron chi connectivity index (χ2n) is 11.8. The summed E-state index contributed by atoms with van der Waals surface area (Å²) in [4.78, 5) is 45.3. The summed E-state index contributed by atoms with van der Waals surface area (Å²) in [6, 6.07) is 16.5. The third kappa shape index (κ3) is 8.19. The summed E-state index contributed by atoms with van der Waals surface area (Å²) in [7, 11) is 0. The van der Waals surface area contributed by atoms with Crippen LogP contribution in [-0.2, 0) is 14.3 Å². The molecule has 0 radical (unpaired) electrons. The number of rotatable bonds is 6. The number of pyridine rings is 1. The van der Waals surface area contributed by atoms with Crippen LogP contribution in [0.4, 0.5) is 4.79 Å². The first-order valence-electron chi connectivity index (χ1n) is 15.9. The number of nitrogens with zero attached hydrogens (tertiary/aromatic N) is 2. The highest BCUT2D eigenvalue weighted by atomic mass is 16.5. The molecule has 0 spiro atoms. The van der Waals surface area contributed by atoms with E-state index >= 15 is 0 Å². The van der Waals surface area contributed by atoms with Crippen LogP contribution in [0.3, 0.4) is 0 Å². The molecule has 45 heavy (non-hydrogen) atoms. The van der Waals surface area contributed by atoms with Gasteiger partial charge in [0.15, 0.2) is 6.17 Å². The average molecular weight is 615 g/mol. The lowest BCUT2D eigenvalue weighted by Crippen LogP contribution is -2.59. The number of fused-ring (bicyclic) bond motifs is 3. The number of carbonyl (C=O) groups excluding carboxylic acids is 2. The van der Waals surface area contributed by atoms with Crippen molar-refractivity contribution in [3.8, 4) is 17.0 Å². The Bertz CT molecular complexity index is 1530. The van der Waals surface area contributed by atoms with Gasteiger partial charge in [0.25, 0.3) is 5.91 Å². The maximum atomic E-state index is 13.9. The van der Waals surface area contributed by atoms with E-state index in [1.165, 1.54) is 4.90 Å². The molecule has 4 atom stereocenters. The Hall–Kier alpha value is -4.44. The Labute approximate surface area is 263 Å². The molecule has 2 amide bonds. The van der Waals surface area contributed by atoms with E-state index in [4.69, 9.17) is 14.5 Å². The number of carboxylic acids is 1. The average Bonchev–Trinajstić information content (AvgIpc) is 3.46. The first-order chi connectivity index (χ1) is 21.8. The van der Waals surface area contributed by atoms with Gasteiger partial charge in [0, 0.05) is 29.5 Å². The summed E-state index contributed by atoms with van der Waals surface area (Å²) in [5.74, 6) is -1.10. The molecule has 3 heterocycles. The van der Waals surface area contributed by atoms with Crippen molar-refractivity contribution >= 4 is 34.9 Å². The van der Waals surface area contributed by atoms with Gasteiger partial charge in [0.05, 0.1) is 24.4 Å². The van der Waals surface area contributed by atoms with Crippen LogP contribution in [0.5, 0.6) is 5.75 Å². The summed E-state index contributed by atoms with van der Waals surface area (Å²) in [6.45, 7) is 4.22. The van der Waals surface area contributed by atoms with E-state index in [2.05, 4.69) is 22.8 Å². The molecule has 0 aliphatic carbocycles. The SMILES string of the molecule is CCCC(C)N[C@@H]1NC(=O)OCCCCC/C=C/c2ccc3nc(-c4ccccc4)cc(c3c2)O[C@@H]2C[C@@H](C(=O)O)N(C2)C1=O. The Morgan fingerprint density at radius 1 is 1.13 bits per heavy atom. The lowest BCUT2D eigenvalue weighted by molar-refractivity contribution is -0.149. The van der Waals surface area contributed by atoms with Crippen molar-refractivity contribution in [1.82, 2.24) is 20.5 Å². The lowest BCUT2D eigenvalue weighted by atomic mass is 10.1. The summed E-state index contributed by atoms with van der Waals surface area (Å²) in [6.07, 6.45) is 6.85. The van der Waals surface area contributed by atoms with Gasteiger partial charge < -0.3 is 19.5 Å². The minimum Gasteiger partial charge on any atom is -0.488 e. The fraction of sp³-hybridized carbons (Fsp3) is 0.429. The van der Waals surface area contributed by atoms with Crippen molar-refractivity contribution in [2.75, 3.05) is 13.2 Å². The summed E-state index contributed by atoms with van der Waals surface area (Å²) < 4.78 is 11.9. The van der Waals surface area contributed by atoms with Crippen LogP contribution in [0.1, 0.15) is 64.4 Å². The minimum absolute atomic E-state index is 0.0386. The molecule has 2 aromatic carbocycles. The van der Waals surface area contributed by atoms with Crippen LogP contribution in [0.15, 0.2) is 60.7 Å². The van der Waals surface area contributed by atoms with Crippen LogP contribution in [0.25, 0.3) is 28.2 Å². The highest BCUT2D eigenvalue weighted by Crippen LogP contribution is 2.34. The van der Waals surface area contributed by atoms with Gasteiger partial charge in [-0.05, 0) is 56.7 Å². The number of ether oxygens (including phenoxy) is 2. The van der Waals surface area contributed by atoms with Crippen molar-refractivity contribution in [2.45, 2.75) is 83.1 Å². The zero-order valence-electron chi connectivity index (χ0n) is 25.9. The quantitative estimate of drug-likeness (QED) is 0.320. The molecule has 10 nitrogen and oxygen atoms in total. The molecule has 3 N–H and O–H groups in total. The number of aromatic nitrogens is 1. The fourth-order valence-electron chi connectivity index (χ4n) is 5.94. The van der Waals surface area contributed by atoms with E-state index in [1.54, 1.807) is 0 Å². The number of aliphatic carboxylic acids is 1. The molecule has 3 aromatic rings. The van der Waals surface area contributed by atoms with Crippen LogP contribution >= 0.6 is 0 Å². The molecular weight excluding hydrogens is 572 g/mol. The number of hydrogen-bond donors (Lipinski definition) is 3. The molecule has 4 bridgehead atoms. The van der Waals surface area contributed by atoms with Gasteiger partial charge in [-0.25, -0.2) is 14.6 Å². The standard InChI is InChI=1S/C35H42N4O6/c1-3-12-23(2)36-32-33(40)39-22-26(20-30(39)34(41)42)45-31-21-29(25-14-9-7-10-15-25)37-28-17-16-24(19-27(28)31)13-8-5-4-6-11-18-44-35(43)38-32/h7-10,13-17,19,21,23,26,30,32,36H,3-6,11-12,18,20,22H2,1-2H3,(H,38,43)(H,41,42)/b13-8+/t23?,26-,30+,32-/m1/s1. The number of allylic oxidation sites excluding steroid dienone is 1. The predicted octanol–water partition coefficient (Wildman–Crippen LogP) is 5.75. The van der Waals surface area contributed by atoms with Gasteiger partial charge in [-0.2, -0.15) is 0 Å². The number of amides is 2. The Balaban J connectivity index is 1.52. The molecule has 238 valence electrons. The number of benzene rings is 2. The minimum atomic E-state index is -1.15. The van der Waals surface area contributed by atoms with E-state index in [9.17, 15) is 19.5 Å². The number of cyclic esters (lactones) is 1. The van der Waals surface area contributed by atoms with Gasteiger partial charge in [-0.15, -0.1) is 0 Å². The smallest absolute Gasteiger partial charge is 0.408 e. The van der Waals surface area contributed by atoms with Gasteiger partial charge >= 0.3 is 12.1 Å². The van der Waals surface area contributed by atoms with Crippen LogP contribution in [0, 0.1) is 0 Å². The molecule has 1 fully saturated rings. The molecule has 5 rings (SSSR count). The summed E-state index contributed by atoms with van der Waals surface area (Å²) >= 11 is 0. The highest BCUT2D eigenvalue weighted by Gasteiger charge is 2.43. The van der Waals surface area contributed by atoms with Crippen LogP contribution in [-0.4, -0.2) is 70.5 Å². The molecule has 1 aromatic heterocycles.